The van der Waals surface area contributed by atoms with Crippen LogP contribution in [-0.2, 0) is 6.54 Å². The van der Waals surface area contributed by atoms with Gasteiger partial charge < -0.3 is 10.1 Å². The van der Waals surface area contributed by atoms with Crippen LogP contribution < -0.4 is 10.1 Å². The van der Waals surface area contributed by atoms with Crippen molar-refractivity contribution in [2.75, 3.05) is 11.9 Å². The van der Waals surface area contributed by atoms with Crippen molar-refractivity contribution >= 4 is 28.9 Å². The van der Waals surface area contributed by atoms with Gasteiger partial charge in [-0.15, -0.1) is 0 Å². The fourth-order valence-electron chi connectivity index (χ4n) is 1.76. The smallest absolute Gasteiger partial charge is 0.174 e. The Morgan fingerprint density at radius 1 is 1.19 bits per heavy atom. The lowest BCUT2D eigenvalue weighted by atomic mass is 10.2. The van der Waals surface area contributed by atoms with E-state index < -0.39 is 5.82 Å². The highest BCUT2D eigenvalue weighted by molar-refractivity contribution is 6.39. The number of benzene rings is 2. The van der Waals surface area contributed by atoms with E-state index in [2.05, 4.69) is 5.32 Å². The third-order valence-electron chi connectivity index (χ3n) is 2.68. The Bertz CT molecular complexity index is 663. The minimum atomic E-state index is -0.484. The van der Waals surface area contributed by atoms with Crippen molar-refractivity contribution in [1.29, 1.82) is 5.26 Å². The van der Waals surface area contributed by atoms with Crippen molar-refractivity contribution in [3.8, 4) is 11.8 Å². The van der Waals surface area contributed by atoms with Gasteiger partial charge in [0.05, 0.1) is 15.7 Å². The van der Waals surface area contributed by atoms with Crippen molar-refractivity contribution in [3.05, 3.63) is 57.8 Å². The summed E-state index contributed by atoms with van der Waals surface area (Å²) in [6.07, 6.45) is 0. The first-order valence-corrected chi connectivity index (χ1v) is 6.83. The maximum absolute atomic E-state index is 13.1. The van der Waals surface area contributed by atoms with Gasteiger partial charge in [0.15, 0.2) is 6.61 Å². The molecule has 0 atom stereocenters. The average Bonchev–Trinajstić information content (AvgIpc) is 2.44. The van der Waals surface area contributed by atoms with Gasteiger partial charge in [0.1, 0.15) is 17.6 Å². The molecule has 1 N–H and O–H groups in total. The molecule has 0 radical (unpaired) electrons. The molecule has 0 saturated heterocycles. The van der Waals surface area contributed by atoms with Crippen molar-refractivity contribution < 1.29 is 9.13 Å². The van der Waals surface area contributed by atoms with Gasteiger partial charge in [-0.05, 0) is 29.8 Å². The highest BCUT2D eigenvalue weighted by Gasteiger charge is 2.08. The molecule has 2 aromatic rings. The zero-order chi connectivity index (χ0) is 15.2. The minimum absolute atomic E-state index is 0.00744. The first-order valence-electron chi connectivity index (χ1n) is 6.07. The summed E-state index contributed by atoms with van der Waals surface area (Å²) in [5.74, 6) is 0.120. The Morgan fingerprint density at radius 2 is 1.90 bits per heavy atom. The Balaban J connectivity index is 2.08. The largest absolute Gasteiger partial charge is 0.479 e. The maximum Gasteiger partial charge on any atom is 0.174 e. The molecule has 2 rings (SSSR count). The molecule has 0 aliphatic heterocycles. The molecule has 108 valence electrons. The summed E-state index contributed by atoms with van der Waals surface area (Å²) in [6, 6.07) is 11.6. The number of rotatable bonds is 5. The average molecular weight is 325 g/mol. The second-order valence-electron chi connectivity index (χ2n) is 4.19. The summed E-state index contributed by atoms with van der Waals surface area (Å²) in [7, 11) is 0. The molecule has 6 heteroatoms. The summed E-state index contributed by atoms with van der Waals surface area (Å²) in [6.45, 7) is 0.432. The molecule has 2 aromatic carbocycles. The molecule has 0 spiro atoms. The van der Waals surface area contributed by atoms with E-state index in [9.17, 15) is 4.39 Å². The molecule has 0 bridgehead atoms. The number of nitrogens with one attached hydrogen (secondary N) is 1. The summed E-state index contributed by atoms with van der Waals surface area (Å²) < 4.78 is 18.3. The lowest BCUT2D eigenvalue weighted by Crippen LogP contribution is -2.02. The first kappa shape index (κ1) is 15.4. The lowest BCUT2D eigenvalue weighted by Gasteiger charge is -2.11. The topological polar surface area (TPSA) is 45.0 Å². The van der Waals surface area contributed by atoms with Gasteiger partial charge in [0.2, 0.25) is 0 Å². The van der Waals surface area contributed by atoms with Gasteiger partial charge in [-0.1, -0.05) is 35.3 Å². The Morgan fingerprint density at radius 3 is 2.57 bits per heavy atom. The van der Waals surface area contributed by atoms with Crippen LogP contribution in [0.25, 0.3) is 0 Å². The molecule has 0 saturated carbocycles. The summed E-state index contributed by atoms with van der Waals surface area (Å²) >= 11 is 11.9. The first-order chi connectivity index (χ1) is 10.1. The second-order valence-corrected chi connectivity index (χ2v) is 5.01. The minimum Gasteiger partial charge on any atom is -0.479 e. The monoisotopic (exact) mass is 324 g/mol. The van der Waals surface area contributed by atoms with Gasteiger partial charge >= 0.3 is 0 Å². The van der Waals surface area contributed by atoms with Gasteiger partial charge in [-0.25, -0.2) is 4.39 Å². The van der Waals surface area contributed by atoms with Crippen LogP contribution in [0.4, 0.5) is 10.1 Å². The number of nitriles is 1. The molecule has 0 aromatic heterocycles. The van der Waals surface area contributed by atoms with Gasteiger partial charge in [0, 0.05) is 6.54 Å². The predicted octanol–water partition coefficient (Wildman–Crippen LogP) is 4.65. The normalized spacial score (nSPS) is 10.0. The number of nitrogens with zero attached hydrogens (tertiary/aromatic N) is 1. The molecule has 0 fully saturated rings. The highest BCUT2D eigenvalue weighted by atomic mass is 35.5. The van der Waals surface area contributed by atoms with Crippen molar-refractivity contribution in [2.24, 2.45) is 0 Å². The van der Waals surface area contributed by atoms with E-state index in [1.165, 1.54) is 12.1 Å². The summed E-state index contributed by atoms with van der Waals surface area (Å²) in [5.41, 5.74) is 1.39. The standard InChI is InChI=1S/C15H11Cl2FN2O/c16-13-7-11(18)8-14(17)15(13)20-9-10-2-1-3-12(6-10)21-5-4-19/h1-3,6-8,20H,5,9H2. The van der Waals surface area contributed by atoms with Gasteiger partial charge in [-0.2, -0.15) is 5.26 Å². The lowest BCUT2D eigenvalue weighted by molar-refractivity contribution is 0.368. The molecule has 3 nitrogen and oxygen atoms in total. The van der Waals surface area contributed by atoms with Crippen LogP contribution in [0.2, 0.25) is 10.0 Å². The number of anilines is 1. The van der Waals surface area contributed by atoms with Gasteiger partial charge in [-0.3, -0.25) is 0 Å². The number of halogens is 3. The van der Waals surface area contributed by atoms with Gasteiger partial charge in [0.25, 0.3) is 0 Å². The van der Waals surface area contributed by atoms with E-state index in [0.29, 0.717) is 18.0 Å². The van der Waals surface area contributed by atoms with E-state index in [0.717, 1.165) is 5.56 Å². The molecule has 21 heavy (non-hydrogen) atoms. The van der Waals surface area contributed by atoms with Crippen LogP contribution in [0, 0.1) is 17.1 Å². The number of ether oxygens (including phenoxy) is 1. The van der Waals surface area contributed by atoms with E-state index in [-0.39, 0.29) is 16.7 Å². The molecular formula is C15H11Cl2FN2O. The van der Waals surface area contributed by atoms with Crippen LogP contribution >= 0.6 is 23.2 Å². The van der Waals surface area contributed by atoms with Crippen molar-refractivity contribution in [3.63, 3.8) is 0 Å². The molecule has 0 aliphatic rings. The fraction of sp³-hybridized carbons (Fsp3) is 0.133. The van der Waals surface area contributed by atoms with Crippen molar-refractivity contribution in [1.82, 2.24) is 0 Å². The summed E-state index contributed by atoms with van der Waals surface area (Å²) in [4.78, 5) is 0. The molecule has 0 amide bonds. The Labute approximate surface area is 131 Å². The number of hydrogen-bond donors (Lipinski definition) is 1. The van der Waals surface area contributed by atoms with Crippen LogP contribution in [0.5, 0.6) is 5.75 Å². The SMILES string of the molecule is N#CCOc1cccc(CNc2c(Cl)cc(F)cc2Cl)c1. The molecule has 0 unspecified atom stereocenters. The number of hydrogen-bond acceptors (Lipinski definition) is 3. The molecule has 0 heterocycles. The van der Waals surface area contributed by atoms with E-state index in [4.69, 9.17) is 33.2 Å². The summed E-state index contributed by atoms with van der Waals surface area (Å²) in [5, 5.41) is 12.0. The third-order valence-corrected chi connectivity index (χ3v) is 3.27. The Kier molecular flexibility index (Phi) is 5.26. The van der Waals surface area contributed by atoms with Crippen LogP contribution in [-0.4, -0.2) is 6.61 Å². The van der Waals surface area contributed by atoms with E-state index in [1.54, 1.807) is 12.1 Å². The quantitative estimate of drug-likeness (QED) is 0.870. The van der Waals surface area contributed by atoms with E-state index >= 15 is 0 Å². The maximum atomic E-state index is 13.1. The zero-order valence-electron chi connectivity index (χ0n) is 10.9. The zero-order valence-corrected chi connectivity index (χ0v) is 12.4. The second kappa shape index (κ2) is 7.16. The van der Waals surface area contributed by atoms with Crippen LogP contribution in [0.15, 0.2) is 36.4 Å². The molecule has 0 aliphatic carbocycles. The van der Waals surface area contributed by atoms with Crippen LogP contribution in [0.1, 0.15) is 5.56 Å². The Hall–Kier alpha value is -1.96. The molecular weight excluding hydrogens is 314 g/mol. The van der Waals surface area contributed by atoms with Crippen LogP contribution in [0.3, 0.4) is 0 Å². The third kappa shape index (κ3) is 4.25. The predicted molar refractivity (Wildman–Crippen MR) is 81.3 cm³/mol. The highest BCUT2D eigenvalue weighted by Crippen LogP contribution is 2.31. The van der Waals surface area contributed by atoms with E-state index in [1.807, 2.05) is 18.2 Å². The van der Waals surface area contributed by atoms with Crippen molar-refractivity contribution in [2.45, 2.75) is 6.54 Å². The fourth-order valence-corrected chi connectivity index (χ4v) is 2.36.